The zero-order valence-electron chi connectivity index (χ0n) is 12.4. The van der Waals surface area contributed by atoms with Crippen molar-refractivity contribution in [2.45, 2.75) is 6.92 Å². The van der Waals surface area contributed by atoms with Crippen molar-refractivity contribution in [3.8, 4) is 0 Å². The van der Waals surface area contributed by atoms with Gasteiger partial charge >= 0.3 is 6.03 Å². The fourth-order valence-electron chi connectivity index (χ4n) is 2.46. The standard InChI is InChI=1S/C17H17N3O/c1-12-8-10-13(11-9-12)16-14-6-4-5-7-15(14)19(2)17(21)20(3)18-16/h4-11H,1-3H3. The number of para-hydroxylation sites is 1. The quantitative estimate of drug-likeness (QED) is 0.789. The van der Waals surface area contributed by atoms with Crippen LogP contribution in [-0.2, 0) is 0 Å². The van der Waals surface area contributed by atoms with Crippen LogP contribution >= 0.6 is 0 Å². The van der Waals surface area contributed by atoms with Crippen molar-refractivity contribution in [3.05, 3.63) is 65.2 Å². The molecular weight excluding hydrogens is 262 g/mol. The molecule has 0 aromatic heterocycles. The van der Waals surface area contributed by atoms with Gasteiger partial charge in [-0.3, -0.25) is 4.90 Å². The van der Waals surface area contributed by atoms with Crippen molar-refractivity contribution in [1.29, 1.82) is 0 Å². The van der Waals surface area contributed by atoms with Crippen LogP contribution in [0.15, 0.2) is 53.6 Å². The van der Waals surface area contributed by atoms with E-state index in [0.717, 1.165) is 22.5 Å². The summed E-state index contributed by atoms with van der Waals surface area (Å²) in [7, 11) is 3.45. The molecule has 4 nitrogen and oxygen atoms in total. The van der Waals surface area contributed by atoms with Gasteiger partial charge in [0.2, 0.25) is 0 Å². The minimum absolute atomic E-state index is 0.149. The maximum Gasteiger partial charge on any atom is 0.344 e. The first-order chi connectivity index (χ1) is 10.1. The monoisotopic (exact) mass is 279 g/mol. The van der Waals surface area contributed by atoms with Crippen LogP contribution in [0.3, 0.4) is 0 Å². The zero-order chi connectivity index (χ0) is 15.0. The Morgan fingerprint density at radius 1 is 0.952 bits per heavy atom. The number of nitrogens with zero attached hydrogens (tertiary/aromatic N) is 3. The molecule has 21 heavy (non-hydrogen) atoms. The number of hydrazone groups is 1. The number of amides is 2. The third-order valence-electron chi connectivity index (χ3n) is 3.66. The molecule has 0 radical (unpaired) electrons. The van der Waals surface area contributed by atoms with E-state index in [0.29, 0.717) is 0 Å². The number of benzene rings is 2. The van der Waals surface area contributed by atoms with E-state index >= 15 is 0 Å². The van der Waals surface area contributed by atoms with Gasteiger partial charge in [-0.05, 0) is 13.0 Å². The summed E-state index contributed by atoms with van der Waals surface area (Å²) in [6, 6.07) is 15.9. The SMILES string of the molecule is Cc1ccc(C2=NN(C)C(=O)N(C)c3ccccc32)cc1. The van der Waals surface area contributed by atoms with E-state index in [1.807, 2.05) is 36.4 Å². The van der Waals surface area contributed by atoms with Gasteiger partial charge in [0.25, 0.3) is 0 Å². The summed E-state index contributed by atoms with van der Waals surface area (Å²) >= 11 is 0. The van der Waals surface area contributed by atoms with Gasteiger partial charge in [0.1, 0.15) is 5.71 Å². The van der Waals surface area contributed by atoms with Crippen molar-refractivity contribution in [3.63, 3.8) is 0 Å². The van der Waals surface area contributed by atoms with Crippen LogP contribution < -0.4 is 4.90 Å². The first-order valence-corrected chi connectivity index (χ1v) is 6.84. The average Bonchev–Trinajstić information content (AvgIpc) is 2.60. The van der Waals surface area contributed by atoms with E-state index in [9.17, 15) is 4.79 Å². The van der Waals surface area contributed by atoms with Gasteiger partial charge in [-0.25, -0.2) is 9.80 Å². The van der Waals surface area contributed by atoms with Crippen LogP contribution in [0.25, 0.3) is 0 Å². The molecule has 0 spiro atoms. The van der Waals surface area contributed by atoms with Crippen LogP contribution in [0.4, 0.5) is 10.5 Å². The molecule has 0 N–H and O–H groups in total. The van der Waals surface area contributed by atoms with E-state index in [4.69, 9.17) is 0 Å². The van der Waals surface area contributed by atoms with Crippen LogP contribution in [0.2, 0.25) is 0 Å². The highest BCUT2D eigenvalue weighted by atomic mass is 16.2. The Balaban J connectivity index is 2.22. The van der Waals surface area contributed by atoms with Gasteiger partial charge in [-0.1, -0.05) is 48.0 Å². The smallest absolute Gasteiger partial charge is 0.295 e. The Morgan fingerprint density at radius 3 is 2.33 bits per heavy atom. The largest absolute Gasteiger partial charge is 0.344 e. The van der Waals surface area contributed by atoms with Crippen LogP contribution in [0, 0.1) is 6.92 Å². The van der Waals surface area contributed by atoms with Crippen LogP contribution in [-0.4, -0.2) is 30.8 Å². The molecule has 2 amide bonds. The fourth-order valence-corrected chi connectivity index (χ4v) is 2.46. The Bertz CT molecular complexity index is 719. The molecule has 0 fully saturated rings. The lowest BCUT2D eigenvalue weighted by atomic mass is 9.99. The normalized spacial score (nSPS) is 14.6. The molecule has 3 rings (SSSR count). The molecule has 2 aromatic carbocycles. The molecule has 0 atom stereocenters. The maximum atomic E-state index is 12.3. The summed E-state index contributed by atoms with van der Waals surface area (Å²) in [6.07, 6.45) is 0. The van der Waals surface area contributed by atoms with Gasteiger partial charge in [-0.15, -0.1) is 0 Å². The van der Waals surface area contributed by atoms with E-state index in [2.05, 4.69) is 24.2 Å². The third-order valence-corrected chi connectivity index (χ3v) is 3.66. The number of carbonyl (C=O) groups excluding carboxylic acids is 1. The van der Waals surface area contributed by atoms with Crippen molar-refractivity contribution >= 4 is 17.4 Å². The number of rotatable bonds is 1. The topological polar surface area (TPSA) is 35.9 Å². The predicted molar refractivity (Wildman–Crippen MR) is 84.8 cm³/mol. The highest BCUT2D eigenvalue weighted by molar-refractivity contribution is 6.18. The lowest BCUT2D eigenvalue weighted by molar-refractivity contribution is 0.219. The van der Waals surface area contributed by atoms with Gasteiger partial charge in [0, 0.05) is 25.2 Å². The van der Waals surface area contributed by atoms with Crippen molar-refractivity contribution in [2.24, 2.45) is 5.10 Å². The number of aryl methyl sites for hydroxylation is 1. The minimum atomic E-state index is -0.149. The Kier molecular flexibility index (Phi) is 3.22. The van der Waals surface area contributed by atoms with Gasteiger partial charge in [0.05, 0.1) is 5.69 Å². The second-order valence-corrected chi connectivity index (χ2v) is 5.20. The molecule has 1 aliphatic rings. The van der Waals surface area contributed by atoms with Gasteiger partial charge < -0.3 is 0 Å². The number of anilines is 1. The number of hydrogen-bond acceptors (Lipinski definition) is 2. The molecule has 0 unspecified atom stereocenters. The van der Waals surface area contributed by atoms with Gasteiger partial charge in [-0.2, -0.15) is 5.10 Å². The van der Waals surface area contributed by atoms with E-state index < -0.39 is 0 Å². The summed E-state index contributed by atoms with van der Waals surface area (Å²) in [5.74, 6) is 0. The molecule has 106 valence electrons. The summed E-state index contributed by atoms with van der Waals surface area (Å²) in [6.45, 7) is 2.05. The Morgan fingerprint density at radius 2 is 1.62 bits per heavy atom. The van der Waals surface area contributed by atoms with E-state index in [1.54, 1.807) is 19.0 Å². The molecule has 0 saturated heterocycles. The summed E-state index contributed by atoms with van der Waals surface area (Å²) in [5.41, 5.74) is 4.84. The lowest BCUT2D eigenvalue weighted by Gasteiger charge is -2.19. The van der Waals surface area contributed by atoms with Gasteiger partial charge in [0.15, 0.2) is 0 Å². The highest BCUT2D eigenvalue weighted by Crippen LogP contribution is 2.27. The second-order valence-electron chi connectivity index (χ2n) is 5.20. The molecule has 1 heterocycles. The van der Waals surface area contributed by atoms with Crippen molar-refractivity contribution < 1.29 is 4.79 Å². The lowest BCUT2D eigenvalue weighted by Crippen LogP contribution is -2.34. The fraction of sp³-hybridized carbons (Fsp3) is 0.176. The van der Waals surface area contributed by atoms with Crippen molar-refractivity contribution in [2.75, 3.05) is 19.0 Å². The number of urea groups is 1. The van der Waals surface area contributed by atoms with Crippen LogP contribution in [0.1, 0.15) is 16.7 Å². The van der Waals surface area contributed by atoms with Crippen LogP contribution in [0.5, 0.6) is 0 Å². The molecule has 2 aromatic rings. The Hall–Kier alpha value is -2.62. The third kappa shape index (κ3) is 2.29. The van der Waals surface area contributed by atoms with E-state index in [1.165, 1.54) is 10.6 Å². The summed E-state index contributed by atoms with van der Waals surface area (Å²) in [5, 5.41) is 5.89. The molecule has 0 aliphatic carbocycles. The zero-order valence-corrected chi connectivity index (χ0v) is 12.4. The summed E-state index contributed by atoms with van der Waals surface area (Å²) < 4.78 is 0. The first-order valence-electron chi connectivity index (χ1n) is 6.84. The Labute approximate surface area is 124 Å². The second kappa shape index (κ2) is 5.05. The highest BCUT2D eigenvalue weighted by Gasteiger charge is 2.25. The van der Waals surface area contributed by atoms with Crippen molar-refractivity contribution in [1.82, 2.24) is 5.01 Å². The predicted octanol–water partition coefficient (Wildman–Crippen LogP) is 3.25. The molecule has 0 saturated carbocycles. The summed E-state index contributed by atoms with van der Waals surface area (Å²) in [4.78, 5) is 13.9. The number of fused-ring (bicyclic) bond motifs is 1. The molecular formula is C17H17N3O. The maximum absolute atomic E-state index is 12.3. The molecule has 1 aliphatic heterocycles. The molecule has 4 heteroatoms. The van der Waals surface area contributed by atoms with E-state index in [-0.39, 0.29) is 6.03 Å². The first kappa shape index (κ1) is 13.4. The molecule has 0 bridgehead atoms. The number of carbonyl (C=O) groups is 1. The number of hydrogen-bond donors (Lipinski definition) is 0. The minimum Gasteiger partial charge on any atom is -0.295 e. The average molecular weight is 279 g/mol.